The van der Waals surface area contributed by atoms with E-state index in [1.165, 1.54) is 31.5 Å². The van der Waals surface area contributed by atoms with Crippen molar-refractivity contribution in [1.82, 2.24) is 10.2 Å². The molecule has 0 amide bonds. The fraction of sp³-hybridized carbons (Fsp3) is 0.647. The van der Waals surface area contributed by atoms with E-state index in [-0.39, 0.29) is 5.82 Å². The molecule has 1 aromatic carbocycles. The molecule has 0 aliphatic carbocycles. The number of hydrogen-bond donors (Lipinski definition) is 1. The maximum atomic E-state index is 12.9. The molecule has 1 N–H and O–H groups in total. The van der Waals surface area contributed by atoms with E-state index in [9.17, 15) is 4.39 Å². The highest BCUT2D eigenvalue weighted by Gasteiger charge is 2.23. The van der Waals surface area contributed by atoms with Gasteiger partial charge in [-0.25, -0.2) is 4.39 Å². The van der Waals surface area contributed by atoms with Crippen molar-refractivity contribution in [2.24, 2.45) is 5.92 Å². The number of nitrogens with one attached hydrogen (secondary N) is 1. The normalized spacial score (nSPS) is 23.5. The lowest BCUT2D eigenvalue weighted by Gasteiger charge is -2.35. The van der Waals surface area contributed by atoms with Crippen molar-refractivity contribution in [2.45, 2.75) is 45.2 Å². The van der Waals surface area contributed by atoms with Crippen molar-refractivity contribution in [3.63, 3.8) is 0 Å². The van der Waals surface area contributed by atoms with E-state index in [1.54, 1.807) is 12.1 Å². The highest BCUT2D eigenvalue weighted by molar-refractivity contribution is 5.17. The molecule has 3 heteroatoms. The van der Waals surface area contributed by atoms with E-state index >= 15 is 0 Å². The monoisotopic (exact) mass is 278 g/mol. The lowest BCUT2D eigenvalue weighted by atomic mass is 9.91. The Labute approximate surface area is 122 Å². The zero-order valence-electron chi connectivity index (χ0n) is 12.9. The molecule has 0 radical (unpaired) electrons. The van der Waals surface area contributed by atoms with Crippen LogP contribution < -0.4 is 5.32 Å². The molecule has 2 nitrogen and oxygen atoms in total. The third kappa shape index (κ3) is 4.57. The Kier molecular flexibility index (Phi) is 5.55. The first-order chi connectivity index (χ1) is 9.54. The molecular formula is C17H27FN2. The van der Waals surface area contributed by atoms with Crippen LogP contribution in [0.1, 0.15) is 32.3 Å². The summed E-state index contributed by atoms with van der Waals surface area (Å²) in [6, 6.07) is 7.80. The molecule has 1 heterocycles. The molecule has 0 spiro atoms. The van der Waals surface area contributed by atoms with Crippen LogP contribution in [-0.2, 0) is 6.42 Å². The summed E-state index contributed by atoms with van der Waals surface area (Å²) in [6.45, 7) is 6.93. The van der Waals surface area contributed by atoms with Gasteiger partial charge in [-0.05, 0) is 70.3 Å². The maximum absolute atomic E-state index is 12.9. The maximum Gasteiger partial charge on any atom is 0.123 e. The summed E-state index contributed by atoms with van der Waals surface area (Å²) >= 11 is 0. The quantitative estimate of drug-likeness (QED) is 0.890. The number of likely N-dealkylation sites (tertiary alicyclic amines) is 1. The van der Waals surface area contributed by atoms with Gasteiger partial charge in [0.25, 0.3) is 0 Å². The minimum Gasteiger partial charge on any atom is -0.311 e. The fourth-order valence-electron chi connectivity index (χ4n) is 3.23. The van der Waals surface area contributed by atoms with E-state index in [1.807, 2.05) is 12.1 Å². The predicted octanol–water partition coefficient (Wildman–Crippen LogP) is 3.08. The predicted molar refractivity (Wildman–Crippen MR) is 82.4 cm³/mol. The van der Waals surface area contributed by atoms with E-state index in [0.29, 0.717) is 12.1 Å². The summed E-state index contributed by atoms with van der Waals surface area (Å²) in [5.74, 6) is 0.581. The van der Waals surface area contributed by atoms with Crippen LogP contribution in [0.4, 0.5) is 4.39 Å². The van der Waals surface area contributed by atoms with Crippen LogP contribution in [0.15, 0.2) is 24.3 Å². The number of nitrogens with zero attached hydrogens (tertiary/aromatic N) is 1. The number of benzene rings is 1. The van der Waals surface area contributed by atoms with Crippen LogP contribution in [0.25, 0.3) is 0 Å². The zero-order valence-corrected chi connectivity index (χ0v) is 12.9. The average Bonchev–Trinajstić information content (AvgIpc) is 2.41. The molecule has 1 fully saturated rings. The van der Waals surface area contributed by atoms with Crippen molar-refractivity contribution in [2.75, 3.05) is 20.1 Å². The molecule has 1 aliphatic rings. The van der Waals surface area contributed by atoms with Gasteiger partial charge in [0.05, 0.1) is 0 Å². The van der Waals surface area contributed by atoms with Gasteiger partial charge in [-0.2, -0.15) is 0 Å². The van der Waals surface area contributed by atoms with E-state index in [4.69, 9.17) is 0 Å². The van der Waals surface area contributed by atoms with Crippen LogP contribution in [0.5, 0.6) is 0 Å². The van der Waals surface area contributed by atoms with Gasteiger partial charge in [0.2, 0.25) is 0 Å². The number of rotatable bonds is 5. The molecular weight excluding hydrogens is 251 g/mol. The van der Waals surface area contributed by atoms with Crippen molar-refractivity contribution in [1.29, 1.82) is 0 Å². The summed E-state index contributed by atoms with van der Waals surface area (Å²) in [7, 11) is 2.21. The Morgan fingerprint density at radius 1 is 1.30 bits per heavy atom. The molecule has 3 atom stereocenters. The fourth-order valence-corrected chi connectivity index (χ4v) is 3.23. The minimum absolute atomic E-state index is 0.159. The largest absolute Gasteiger partial charge is 0.311 e. The molecule has 0 aromatic heterocycles. The van der Waals surface area contributed by atoms with Crippen LogP contribution >= 0.6 is 0 Å². The second-order valence-corrected chi connectivity index (χ2v) is 6.35. The van der Waals surface area contributed by atoms with Gasteiger partial charge in [-0.3, -0.25) is 0 Å². The van der Waals surface area contributed by atoms with Gasteiger partial charge >= 0.3 is 0 Å². The van der Waals surface area contributed by atoms with Crippen LogP contribution in [0, 0.1) is 11.7 Å². The van der Waals surface area contributed by atoms with Gasteiger partial charge < -0.3 is 10.2 Å². The summed E-state index contributed by atoms with van der Waals surface area (Å²) in [4.78, 5) is 2.43. The first kappa shape index (κ1) is 15.5. The molecule has 1 aromatic rings. The second-order valence-electron chi connectivity index (χ2n) is 6.35. The summed E-state index contributed by atoms with van der Waals surface area (Å²) in [5, 5.41) is 3.71. The van der Waals surface area contributed by atoms with E-state index < -0.39 is 0 Å². The smallest absolute Gasteiger partial charge is 0.123 e. The lowest BCUT2D eigenvalue weighted by Crippen LogP contribution is -2.46. The summed E-state index contributed by atoms with van der Waals surface area (Å²) in [5.41, 5.74) is 1.19. The summed E-state index contributed by atoms with van der Waals surface area (Å²) in [6.07, 6.45) is 3.58. The molecule has 3 unspecified atom stereocenters. The van der Waals surface area contributed by atoms with Crippen LogP contribution in [-0.4, -0.2) is 37.1 Å². The Balaban J connectivity index is 1.81. The molecule has 2 rings (SSSR count). The standard InChI is InChI=1S/C17H27FN2/c1-13(11-15-6-8-17(18)9-7-15)19-14(2)16-5-4-10-20(3)12-16/h6-9,13-14,16,19H,4-5,10-12H2,1-3H3. The van der Waals surface area contributed by atoms with Crippen molar-refractivity contribution in [3.8, 4) is 0 Å². The topological polar surface area (TPSA) is 15.3 Å². The third-order valence-electron chi connectivity index (χ3n) is 4.37. The van der Waals surface area contributed by atoms with Crippen molar-refractivity contribution in [3.05, 3.63) is 35.6 Å². The van der Waals surface area contributed by atoms with Crippen molar-refractivity contribution < 1.29 is 4.39 Å². The first-order valence-corrected chi connectivity index (χ1v) is 7.73. The highest BCUT2D eigenvalue weighted by Crippen LogP contribution is 2.19. The van der Waals surface area contributed by atoms with Gasteiger partial charge in [-0.1, -0.05) is 12.1 Å². The lowest BCUT2D eigenvalue weighted by molar-refractivity contribution is 0.174. The minimum atomic E-state index is -0.159. The SMILES string of the molecule is CC(Cc1ccc(F)cc1)NC(C)C1CCCN(C)C1. The third-order valence-corrected chi connectivity index (χ3v) is 4.37. The number of piperidine rings is 1. The number of halogens is 1. The molecule has 112 valence electrons. The summed E-state index contributed by atoms with van der Waals surface area (Å²) < 4.78 is 12.9. The van der Waals surface area contributed by atoms with E-state index in [0.717, 1.165) is 12.3 Å². The van der Waals surface area contributed by atoms with Gasteiger partial charge in [0, 0.05) is 18.6 Å². The Hall–Kier alpha value is -0.930. The average molecular weight is 278 g/mol. The molecule has 0 saturated carbocycles. The Bertz CT molecular complexity index is 404. The van der Waals surface area contributed by atoms with Gasteiger partial charge in [0.15, 0.2) is 0 Å². The van der Waals surface area contributed by atoms with Gasteiger partial charge in [0.1, 0.15) is 5.82 Å². The van der Waals surface area contributed by atoms with Crippen LogP contribution in [0.3, 0.4) is 0 Å². The molecule has 20 heavy (non-hydrogen) atoms. The second kappa shape index (κ2) is 7.19. The Morgan fingerprint density at radius 2 is 2.00 bits per heavy atom. The van der Waals surface area contributed by atoms with Crippen molar-refractivity contribution >= 4 is 0 Å². The highest BCUT2D eigenvalue weighted by atomic mass is 19.1. The molecule has 1 saturated heterocycles. The first-order valence-electron chi connectivity index (χ1n) is 7.73. The zero-order chi connectivity index (χ0) is 14.5. The molecule has 0 bridgehead atoms. The van der Waals surface area contributed by atoms with E-state index in [2.05, 4.69) is 31.1 Å². The van der Waals surface area contributed by atoms with Crippen LogP contribution in [0.2, 0.25) is 0 Å². The Morgan fingerprint density at radius 3 is 2.65 bits per heavy atom. The number of hydrogen-bond acceptors (Lipinski definition) is 2. The van der Waals surface area contributed by atoms with Gasteiger partial charge in [-0.15, -0.1) is 0 Å². The molecule has 1 aliphatic heterocycles.